The smallest absolute Gasteiger partial charge is 0.238 e. The summed E-state index contributed by atoms with van der Waals surface area (Å²) in [6.45, 7) is 5.76. The van der Waals surface area contributed by atoms with Crippen molar-refractivity contribution in [3.05, 3.63) is 90.3 Å². The molecule has 0 bridgehead atoms. The van der Waals surface area contributed by atoms with Crippen molar-refractivity contribution < 1.29 is 9.53 Å². The number of rotatable bonds is 9. The largest absolute Gasteiger partial charge is 0.486 e. The number of amides is 1. The van der Waals surface area contributed by atoms with E-state index in [2.05, 4.69) is 46.0 Å². The minimum absolute atomic E-state index is 0.0651. The molecule has 1 N–H and O–H groups in total. The van der Waals surface area contributed by atoms with Gasteiger partial charge in [0.25, 0.3) is 0 Å². The van der Waals surface area contributed by atoms with Gasteiger partial charge in [0.15, 0.2) is 0 Å². The van der Waals surface area contributed by atoms with Crippen LogP contribution in [0.5, 0.6) is 5.75 Å². The summed E-state index contributed by atoms with van der Waals surface area (Å²) >= 11 is 0. The highest BCUT2D eigenvalue weighted by Gasteiger charge is 2.23. The number of nitrogens with zero attached hydrogens (tertiary/aromatic N) is 3. The number of hydrogen-bond acceptors (Lipinski definition) is 4. The van der Waals surface area contributed by atoms with E-state index in [1.54, 1.807) is 0 Å². The number of carbonyl (C=O) groups is 1. The van der Waals surface area contributed by atoms with Crippen LogP contribution in [0, 0.1) is 5.92 Å². The number of nitrogens with one attached hydrogen (secondary N) is 1. The maximum atomic E-state index is 12.7. The van der Waals surface area contributed by atoms with E-state index in [1.807, 2.05) is 54.6 Å². The average molecular weight is 483 g/mol. The normalized spacial score (nSPS) is 14.7. The van der Waals surface area contributed by atoms with Crippen LogP contribution in [0.4, 0.5) is 5.69 Å². The van der Waals surface area contributed by atoms with Crippen molar-refractivity contribution >= 4 is 22.6 Å². The second-order valence-corrected chi connectivity index (χ2v) is 9.51. The first kappa shape index (κ1) is 24.1. The molecule has 0 radical (unpaired) electrons. The van der Waals surface area contributed by atoms with Gasteiger partial charge in [-0.15, -0.1) is 0 Å². The lowest BCUT2D eigenvalue weighted by Crippen LogP contribution is -2.40. The quantitative estimate of drug-likeness (QED) is 0.341. The van der Waals surface area contributed by atoms with Crippen LogP contribution >= 0.6 is 0 Å². The van der Waals surface area contributed by atoms with Gasteiger partial charge in [0.05, 0.1) is 17.6 Å². The topological polar surface area (TPSA) is 59.4 Å². The van der Waals surface area contributed by atoms with E-state index in [-0.39, 0.29) is 5.91 Å². The molecule has 0 unspecified atom stereocenters. The van der Waals surface area contributed by atoms with Gasteiger partial charge in [-0.3, -0.25) is 9.69 Å². The fourth-order valence-electron chi connectivity index (χ4n) is 5.03. The Kier molecular flexibility index (Phi) is 7.62. The highest BCUT2D eigenvalue weighted by molar-refractivity contribution is 5.93. The number of para-hydroxylation sites is 4. The number of carbonyl (C=O) groups excluding carboxylic acids is 1. The summed E-state index contributed by atoms with van der Waals surface area (Å²) in [5, 5.41) is 3.10. The monoisotopic (exact) mass is 482 g/mol. The highest BCUT2D eigenvalue weighted by atomic mass is 16.5. The summed E-state index contributed by atoms with van der Waals surface area (Å²) in [6.07, 6.45) is 3.03. The second-order valence-electron chi connectivity index (χ2n) is 9.51. The molecule has 1 aliphatic heterocycles. The molecule has 1 fully saturated rings. The van der Waals surface area contributed by atoms with E-state index in [0.717, 1.165) is 67.2 Å². The third kappa shape index (κ3) is 5.77. The van der Waals surface area contributed by atoms with E-state index in [9.17, 15) is 4.79 Å². The van der Waals surface area contributed by atoms with Gasteiger partial charge < -0.3 is 14.6 Å². The van der Waals surface area contributed by atoms with Gasteiger partial charge in [-0.1, -0.05) is 55.5 Å². The molecule has 2 heterocycles. The van der Waals surface area contributed by atoms with Gasteiger partial charge in [0.1, 0.15) is 18.2 Å². The van der Waals surface area contributed by atoms with Crippen LogP contribution in [0.3, 0.4) is 0 Å². The van der Waals surface area contributed by atoms with Gasteiger partial charge in [-0.2, -0.15) is 0 Å². The van der Waals surface area contributed by atoms with Gasteiger partial charge in [0.2, 0.25) is 5.91 Å². The van der Waals surface area contributed by atoms with Crippen molar-refractivity contribution in [3.63, 3.8) is 0 Å². The van der Waals surface area contributed by atoms with Gasteiger partial charge in [-0.05, 0) is 74.2 Å². The molecule has 3 aromatic carbocycles. The van der Waals surface area contributed by atoms with Crippen molar-refractivity contribution in [2.45, 2.75) is 39.3 Å². The Labute approximate surface area is 212 Å². The maximum Gasteiger partial charge on any atom is 0.238 e. The Morgan fingerprint density at radius 2 is 1.69 bits per heavy atom. The van der Waals surface area contributed by atoms with Crippen LogP contribution in [-0.2, 0) is 24.4 Å². The van der Waals surface area contributed by atoms with Gasteiger partial charge >= 0.3 is 0 Å². The van der Waals surface area contributed by atoms with Crippen LogP contribution in [0.2, 0.25) is 0 Å². The van der Waals surface area contributed by atoms with Crippen molar-refractivity contribution in [2.24, 2.45) is 5.92 Å². The minimum Gasteiger partial charge on any atom is -0.486 e. The number of aromatic nitrogens is 2. The first-order valence-corrected chi connectivity index (χ1v) is 12.9. The van der Waals surface area contributed by atoms with Crippen molar-refractivity contribution in [2.75, 3.05) is 25.0 Å². The van der Waals surface area contributed by atoms with E-state index < -0.39 is 0 Å². The summed E-state index contributed by atoms with van der Waals surface area (Å²) in [7, 11) is 0. The molecule has 0 saturated carbocycles. The molecule has 1 aliphatic rings. The number of anilines is 1. The highest BCUT2D eigenvalue weighted by Crippen LogP contribution is 2.25. The molecule has 1 amide bonds. The number of ether oxygens (including phenoxy) is 1. The molecule has 0 spiro atoms. The first-order valence-electron chi connectivity index (χ1n) is 12.9. The molecular formula is C30H34N4O2. The van der Waals surface area contributed by atoms with E-state index in [0.29, 0.717) is 19.1 Å². The molecule has 186 valence electrons. The standard InChI is InChI=1S/C30H34N4O2/c1-2-24-10-6-7-13-26(24)32-30(35)21-33-18-16-23(17-19-33)20-34-28-15-9-8-14-27(28)31-29(34)22-36-25-11-4-3-5-12-25/h3-15,23H,2,16-22H2,1H3,(H,32,35). The molecule has 4 aromatic rings. The fourth-order valence-corrected chi connectivity index (χ4v) is 5.03. The van der Waals surface area contributed by atoms with Crippen LogP contribution in [0.15, 0.2) is 78.9 Å². The molecule has 36 heavy (non-hydrogen) atoms. The lowest BCUT2D eigenvalue weighted by molar-refractivity contribution is -0.117. The van der Waals surface area contributed by atoms with E-state index in [1.165, 1.54) is 5.56 Å². The van der Waals surface area contributed by atoms with Crippen LogP contribution < -0.4 is 10.1 Å². The number of benzene rings is 3. The van der Waals surface area contributed by atoms with E-state index in [4.69, 9.17) is 9.72 Å². The minimum atomic E-state index is 0.0651. The van der Waals surface area contributed by atoms with Gasteiger partial charge in [0, 0.05) is 12.2 Å². The zero-order valence-corrected chi connectivity index (χ0v) is 20.9. The average Bonchev–Trinajstić information content (AvgIpc) is 3.26. The lowest BCUT2D eigenvalue weighted by Gasteiger charge is -2.32. The summed E-state index contributed by atoms with van der Waals surface area (Å²) in [5.74, 6) is 2.41. The van der Waals surface area contributed by atoms with Crippen LogP contribution in [0.25, 0.3) is 11.0 Å². The summed E-state index contributed by atoms with van der Waals surface area (Å²) in [4.78, 5) is 19.8. The Hall–Kier alpha value is -3.64. The number of aryl methyl sites for hydroxylation is 1. The van der Waals surface area contributed by atoms with Crippen molar-refractivity contribution in [1.29, 1.82) is 0 Å². The van der Waals surface area contributed by atoms with Crippen LogP contribution in [-0.4, -0.2) is 40.0 Å². The molecular weight excluding hydrogens is 448 g/mol. The van der Waals surface area contributed by atoms with E-state index >= 15 is 0 Å². The fraction of sp³-hybridized carbons (Fsp3) is 0.333. The summed E-state index contributed by atoms with van der Waals surface area (Å²) in [6, 6.07) is 26.2. The number of fused-ring (bicyclic) bond motifs is 1. The Bertz CT molecular complexity index is 1290. The summed E-state index contributed by atoms with van der Waals surface area (Å²) < 4.78 is 8.37. The molecule has 0 atom stereocenters. The number of hydrogen-bond donors (Lipinski definition) is 1. The number of likely N-dealkylation sites (tertiary alicyclic amines) is 1. The number of piperidine rings is 1. The third-order valence-corrected chi connectivity index (χ3v) is 7.03. The molecule has 1 saturated heterocycles. The van der Waals surface area contributed by atoms with Crippen molar-refractivity contribution in [3.8, 4) is 5.75 Å². The molecule has 5 rings (SSSR count). The molecule has 0 aliphatic carbocycles. The van der Waals surface area contributed by atoms with Crippen molar-refractivity contribution in [1.82, 2.24) is 14.5 Å². The Morgan fingerprint density at radius 1 is 0.972 bits per heavy atom. The second kappa shape index (κ2) is 11.4. The van der Waals surface area contributed by atoms with Crippen LogP contribution in [0.1, 0.15) is 31.2 Å². The lowest BCUT2D eigenvalue weighted by atomic mass is 9.96. The Morgan fingerprint density at radius 3 is 2.50 bits per heavy atom. The number of imidazole rings is 1. The molecule has 1 aromatic heterocycles. The molecule has 6 nitrogen and oxygen atoms in total. The Balaban J connectivity index is 1.19. The van der Waals surface area contributed by atoms with Gasteiger partial charge in [-0.25, -0.2) is 4.98 Å². The predicted molar refractivity (Wildman–Crippen MR) is 144 cm³/mol. The third-order valence-electron chi connectivity index (χ3n) is 7.03. The first-order chi connectivity index (χ1) is 17.7. The predicted octanol–water partition coefficient (Wildman–Crippen LogP) is 5.53. The zero-order valence-electron chi connectivity index (χ0n) is 20.9. The zero-order chi connectivity index (χ0) is 24.7. The summed E-state index contributed by atoms with van der Waals surface area (Å²) in [5.41, 5.74) is 4.26. The SMILES string of the molecule is CCc1ccccc1NC(=O)CN1CCC(Cn2c(COc3ccccc3)nc3ccccc32)CC1. The maximum absolute atomic E-state index is 12.7. The molecule has 6 heteroatoms.